The number of nitrogens with one attached hydrogen (secondary N) is 2. The van der Waals surface area contributed by atoms with Gasteiger partial charge in [0.2, 0.25) is 5.65 Å². The van der Waals surface area contributed by atoms with Gasteiger partial charge in [-0.2, -0.15) is 15.4 Å². The molecule has 5 aromatic rings. The van der Waals surface area contributed by atoms with Gasteiger partial charge in [-0.1, -0.05) is 24.3 Å². The summed E-state index contributed by atoms with van der Waals surface area (Å²) in [6, 6.07) is 17.8. The van der Waals surface area contributed by atoms with Crippen molar-refractivity contribution in [3.8, 4) is 11.5 Å². The van der Waals surface area contributed by atoms with Crippen molar-refractivity contribution in [3.05, 3.63) is 89.2 Å². The Morgan fingerprint density at radius 3 is 2.70 bits per heavy atom. The van der Waals surface area contributed by atoms with Crippen LogP contribution in [0.15, 0.2) is 67.0 Å². The fourth-order valence-corrected chi connectivity index (χ4v) is 4.98. The molecule has 0 fully saturated rings. The van der Waals surface area contributed by atoms with Gasteiger partial charge in [-0.15, -0.1) is 5.10 Å². The second-order valence-electron chi connectivity index (χ2n) is 9.38. The van der Waals surface area contributed by atoms with E-state index in [4.69, 9.17) is 10.5 Å². The molecule has 10 nitrogen and oxygen atoms in total. The van der Waals surface area contributed by atoms with Gasteiger partial charge < -0.3 is 20.9 Å². The minimum Gasteiger partial charge on any atom is -0.457 e. The van der Waals surface area contributed by atoms with Crippen LogP contribution in [0.1, 0.15) is 34.6 Å². The average Bonchev–Trinajstić information content (AvgIpc) is 3.55. The number of nitrogens with zero attached hydrogens (tertiary/aromatic N) is 5. The van der Waals surface area contributed by atoms with E-state index >= 15 is 0 Å². The van der Waals surface area contributed by atoms with Crippen LogP contribution in [0.3, 0.4) is 0 Å². The number of ether oxygens (including phenoxy) is 1. The number of aromatic amines is 1. The Hall–Kier alpha value is -4.28. The monoisotopic (exact) mass is 496 g/mol. The van der Waals surface area contributed by atoms with Gasteiger partial charge in [-0.3, -0.25) is 4.68 Å². The fourth-order valence-electron chi connectivity index (χ4n) is 4.98. The molecule has 188 valence electrons. The lowest BCUT2D eigenvalue weighted by Gasteiger charge is -2.21. The Labute approximate surface area is 213 Å². The molecule has 4 heterocycles. The van der Waals surface area contributed by atoms with E-state index in [0.717, 1.165) is 40.2 Å². The highest BCUT2D eigenvalue weighted by Crippen LogP contribution is 2.33. The smallest absolute Gasteiger partial charge is 0.203 e. The maximum Gasteiger partial charge on any atom is 0.203 e. The van der Waals surface area contributed by atoms with Crippen molar-refractivity contribution in [1.82, 2.24) is 35.5 Å². The summed E-state index contributed by atoms with van der Waals surface area (Å²) in [5.74, 6) is 1.88. The number of pyridine rings is 1. The third-order valence-corrected chi connectivity index (χ3v) is 6.72. The van der Waals surface area contributed by atoms with Gasteiger partial charge in [-0.25, -0.2) is 4.98 Å². The van der Waals surface area contributed by atoms with Gasteiger partial charge in [0.25, 0.3) is 0 Å². The third kappa shape index (κ3) is 5.02. The van der Waals surface area contributed by atoms with Crippen LogP contribution in [0.2, 0.25) is 0 Å². The normalized spacial score (nSPS) is 18.3. The lowest BCUT2D eigenvalue weighted by Crippen LogP contribution is -2.35. The number of anilines is 1. The van der Waals surface area contributed by atoms with Crippen LogP contribution in [0, 0.1) is 0 Å². The van der Waals surface area contributed by atoms with Crippen molar-refractivity contribution in [2.75, 3.05) is 18.9 Å². The molecular formula is C27H28N8O2. The standard InChI is InChI=1S/C27H28N8O2/c28-25-12-24(26-27(31-25)33-34-32-26)23-7-8-29-20(16-36)9-17-3-1-5-21(10-17)37-22-6-2-4-18(11-22)14-35-15-19(23)13-30-35/h1-6,10-13,15,20,23,29,36H,7-9,14,16H2,(H3,28,31,32,33,34)/t20-,23?/m0/s1. The minimum absolute atomic E-state index is 0.0193. The molecule has 0 radical (unpaired) electrons. The lowest BCUT2D eigenvalue weighted by molar-refractivity contribution is 0.241. The van der Waals surface area contributed by atoms with Crippen molar-refractivity contribution in [2.24, 2.45) is 0 Å². The second kappa shape index (κ2) is 10.00. The zero-order chi connectivity index (χ0) is 25.2. The van der Waals surface area contributed by atoms with Crippen molar-refractivity contribution >= 4 is 17.0 Å². The Morgan fingerprint density at radius 2 is 1.86 bits per heavy atom. The number of benzene rings is 2. The third-order valence-electron chi connectivity index (χ3n) is 6.72. The minimum atomic E-state index is -0.104. The first-order valence-corrected chi connectivity index (χ1v) is 12.3. The van der Waals surface area contributed by atoms with Gasteiger partial charge >= 0.3 is 0 Å². The van der Waals surface area contributed by atoms with Crippen molar-refractivity contribution in [1.29, 1.82) is 0 Å². The van der Waals surface area contributed by atoms with Crippen LogP contribution >= 0.6 is 0 Å². The van der Waals surface area contributed by atoms with Crippen LogP contribution in [-0.4, -0.2) is 54.5 Å². The van der Waals surface area contributed by atoms with Gasteiger partial charge in [-0.05, 0) is 72.0 Å². The number of rotatable bonds is 2. The topological polar surface area (TPSA) is 140 Å². The van der Waals surface area contributed by atoms with Gasteiger partial charge in [0.1, 0.15) is 22.8 Å². The first-order valence-electron chi connectivity index (χ1n) is 12.3. The molecule has 37 heavy (non-hydrogen) atoms. The molecule has 1 aliphatic rings. The number of aliphatic hydroxyl groups is 1. The first kappa shape index (κ1) is 23.1. The largest absolute Gasteiger partial charge is 0.457 e. The summed E-state index contributed by atoms with van der Waals surface area (Å²) in [5, 5.41) is 29.5. The molecule has 3 aromatic heterocycles. The van der Waals surface area contributed by atoms with Crippen molar-refractivity contribution in [3.63, 3.8) is 0 Å². The van der Waals surface area contributed by atoms with E-state index in [-0.39, 0.29) is 18.6 Å². The second-order valence-corrected chi connectivity index (χ2v) is 9.38. The zero-order valence-corrected chi connectivity index (χ0v) is 20.2. The number of aromatic nitrogens is 6. The molecule has 0 amide bonds. The van der Waals surface area contributed by atoms with E-state index in [0.29, 0.717) is 36.5 Å². The van der Waals surface area contributed by atoms with Crippen LogP contribution in [0.5, 0.6) is 11.5 Å². The summed E-state index contributed by atoms with van der Waals surface area (Å²) in [5.41, 5.74) is 11.5. The molecule has 0 saturated heterocycles. The Balaban J connectivity index is 1.40. The van der Waals surface area contributed by atoms with Crippen LogP contribution in [0.25, 0.3) is 11.2 Å². The van der Waals surface area contributed by atoms with Crippen LogP contribution in [0.4, 0.5) is 5.82 Å². The summed E-state index contributed by atoms with van der Waals surface area (Å²) in [7, 11) is 0. The summed E-state index contributed by atoms with van der Waals surface area (Å²) < 4.78 is 8.09. The number of H-pyrrole nitrogens is 1. The summed E-state index contributed by atoms with van der Waals surface area (Å²) >= 11 is 0. The highest BCUT2D eigenvalue weighted by Gasteiger charge is 2.22. The van der Waals surface area contributed by atoms with Crippen molar-refractivity contribution in [2.45, 2.75) is 31.3 Å². The molecule has 2 atom stereocenters. The Kier molecular flexibility index (Phi) is 6.25. The molecule has 6 rings (SSSR count). The molecule has 10 heteroatoms. The highest BCUT2D eigenvalue weighted by atomic mass is 16.5. The maximum absolute atomic E-state index is 10.1. The molecule has 6 bridgehead atoms. The van der Waals surface area contributed by atoms with Gasteiger partial charge in [0, 0.05) is 18.2 Å². The molecule has 5 N–H and O–H groups in total. The van der Waals surface area contributed by atoms with E-state index in [1.165, 1.54) is 0 Å². The molecule has 0 spiro atoms. The quantitative estimate of drug-likeness (QED) is 0.292. The molecule has 1 aliphatic heterocycles. The highest BCUT2D eigenvalue weighted by molar-refractivity contribution is 5.77. The summed E-state index contributed by atoms with van der Waals surface area (Å²) in [6.45, 7) is 1.29. The number of aliphatic hydroxyl groups excluding tert-OH is 1. The number of nitrogen functional groups attached to an aromatic ring is 1. The van der Waals surface area contributed by atoms with Crippen LogP contribution < -0.4 is 15.8 Å². The maximum atomic E-state index is 10.1. The Bertz CT molecular complexity index is 1530. The zero-order valence-electron chi connectivity index (χ0n) is 20.2. The fraction of sp³-hybridized carbons (Fsp3) is 0.259. The number of hydrogen-bond acceptors (Lipinski definition) is 8. The van der Waals surface area contributed by atoms with Gasteiger partial charge in [0.15, 0.2) is 0 Å². The van der Waals surface area contributed by atoms with E-state index in [9.17, 15) is 5.11 Å². The number of nitrogens with two attached hydrogens (primary N) is 1. The van der Waals surface area contributed by atoms with E-state index in [1.807, 2.05) is 53.3 Å². The summed E-state index contributed by atoms with van der Waals surface area (Å²) in [6.07, 6.45) is 5.37. The number of fused-ring (bicyclic) bond motifs is 7. The molecule has 0 aliphatic carbocycles. The molecular weight excluding hydrogens is 468 g/mol. The SMILES string of the molecule is Nc1cc(C2CCN[C@H](CO)Cc3cccc(c3)Oc3cccc(c3)Cn3cc2cn3)c2n[nH]nc2n1. The van der Waals surface area contributed by atoms with E-state index in [2.05, 4.69) is 49.1 Å². The number of hydrogen-bond donors (Lipinski definition) is 4. The predicted molar refractivity (Wildman–Crippen MR) is 139 cm³/mol. The average molecular weight is 497 g/mol. The molecule has 2 aromatic carbocycles. The van der Waals surface area contributed by atoms with Crippen LogP contribution in [-0.2, 0) is 13.0 Å². The lowest BCUT2D eigenvalue weighted by atomic mass is 9.90. The summed E-state index contributed by atoms with van der Waals surface area (Å²) in [4.78, 5) is 4.31. The van der Waals surface area contributed by atoms with E-state index in [1.54, 1.807) is 0 Å². The van der Waals surface area contributed by atoms with Crippen molar-refractivity contribution < 1.29 is 9.84 Å². The Morgan fingerprint density at radius 1 is 1.05 bits per heavy atom. The van der Waals surface area contributed by atoms with Gasteiger partial charge in [0.05, 0.1) is 19.3 Å². The molecule has 0 saturated carbocycles. The predicted octanol–water partition coefficient (Wildman–Crippen LogP) is 3.00. The molecule has 1 unspecified atom stereocenters. The first-order chi connectivity index (χ1) is 18.1. The van der Waals surface area contributed by atoms with E-state index < -0.39 is 0 Å².